The summed E-state index contributed by atoms with van der Waals surface area (Å²) in [4.78, 5) is 11.2. The Balaban J connectivity index is 2.41. The Labute approximate surface area is 107 Å². The molecule has 100 valence electrons. The Morgan fingerprint density at radius 2 is 2.18 bits per heavy atom. The SMILES string of the molecule is CNC(C)(CC(C)SC1CCOCC1)C(=O)O. The first-order valence-corrected chi connectivity index (χ1v) is 7.07. The molecule has 0 bridgehead atoms. The van der Waals surface area contributed by atoms with E-state index in [2.05, 4.69) is 12.2 Å². The van der Waals surface area contributed by atoms with E-state index >= 15 is 0 Å². The van der Waals surface area contributed by atoms with E-state index in [0.717, 1.165) is 26.1 Å². The van der Waals surface area contributed by atoms with Gasteiger partial charge in [0.25, 0.3) is 0 Å². The summed E-state index contributed by atoms with van der Waals surface area (Å²) >= 11 is 1.90. The van der Waals surface area contributed by atoms with Crippen LogP contribution in [0.4, 0.5) is 0 Å². The lowest BCUT2D eigenvalue weighted by molar-refractivity contribution is -0.144. The first kappa shape index (κ1) is 14.8. The summed E-state index contributed by atoms with van der Waals surface area (Å²) in [5.74, 6) is -0.778. The lowest BCUT2D eigenvalue weighted by atomic mass is 9.96. The van der Waals surface area contributed by atoms with Gasteiger partial charge >= 0.3 is 5.97 Å². The molecule has 1 fully saturated rings. The molecule has 2 N–H and O–H groups in total. The standard InChI is InChI=1S/C12H23NO3S/c1-9(8-12(2,13-3)11(14)15)17-10-4-6-16-7-5-10/h9-10,13H,4-8H2,1-3H3,(H,14,15). The highest BCUT2D eigenvalue weighted by Crippen LogP contribution is 2.30. The molecule has 0 saturated carbocycles. The molecule has 1 saturated heterocycles. The zero-order valence-corrected chi connectivity index (χ0v) is 11.7. The van der Waals surface area contributed by atoms with E-state index in [1.54, 1.807) is 14.0 Å². The van der Waals surface area contributed by atoms with Crippen LogP contribution in [0.5, 0.6) is 0 Å². The van der Waals surface area contributed by atoms with Gasteiger partial charge in [0.15, 0.2) is 0 Å². The maximum Gasteiger partial charge on any atom is 0.323 e. The van der Waals surface area contributed by atoms with Crippen molar-refractivity contribution in [2.75, 3.05) is 20.3 Å². The molecule has 2 atom stereocenters. The van der Waals surface area contributed by atoms with Gasteiger partial charge in [-0.2, -0.15) is 11.8 Å². The third-order valence-corrected chi connectivity index (χ3v) is 4.80. The number of nitrogens with one attached hydrogen (secondary N) is 1. The van der Waals surface area contributed by atoms with Gasteiger partial charge < -0.3 is 15.2 Å². The minimum atomic E-state index is -0.822. The maximum atomic E-state index is 11.2. The molecule has 1 heterocycles. The average Bonchev–Trinajstić information content (AvgIpc) is 2.29. The number of thioether (sulfide) groups is 1. The van der Waals surface area contributed by atoms with Crippen molar-refractivity contribution < 1.29 is 14.6 Å². The number of carboxylic acids is 1. The Morgan fingerprint density at radius 1 is 1.59 bits per heavy atom. The third kappa shape index (κ3) is 4.48. The van der Waals surface area contributed by atoms with Crippen molar-refractivity contribution in [3.05, 3.63) is 0 Å². The second kappa shape index (κ2) is 6.61. The summed E-state index contributed by atoms with van der Waals surface area (Å²) < 4.78 is 5.32. The van der Waals surface area contributed by atoms with Crippen molar-refractivity contribution in [3.8, 4) is 0 Å². The highest BCUT2D eigenvalue weighted by Gasteiger charge is 2.33. The van der Waals surface area contributed by atoms with Crippen molar-refractivity contribution in [3.63, 3.8) is 0 Å². The lowest BCUT2D eigenvalue weighted by Gasteiger charge is -2.30. The molecule has 4 nitrogen and oxygen atoms in total. The van der Waals surface area contributed by atoms with Gasteiger partial charge in [-0.05, 0) is 33.2 Å². The summed E-state index contributed by atoms with van der Waals surface area (Å²) in [5.41, 5.74) is -0.822. The molecular weight excluding hydrogens is 238 g/mol. The quantitative estimate of drug-likeness (QED) is 0.762. The van der Waals surface area contributed by atoms with E-state index < -0.39 is 11.5 Å². The maximum absolute atomic E-state index is 11.2. The monoisotopic (exact) mass is 261 g/mol. The summed E-state index contributed by atoms with van der Waals surface area (Å²) in [5, 5.41) is 13.1. The Kier molecular flexibility index (Phi) is 5.76. The van der Waals surface area contributed by atoms with Crippen LogP contribution in [0.15, 0.2) is 0 Å². The molecule has 17 heavy (non-hydrogen) atoms. The zero-order chi connectivity index (χ0) is 12.9. The smallest absolute Gasteiger partial charge is 0.323 e. The minimum Gasteiger partial charge on any atom is -0.480 e. The summed E-state index contributed by atoms with van der Waals surface area (Å²) in [6.45, 7) is 5.54. The number of ether oxygens (including phenoxy) is 1. The number of rotatable bonds is 6. The molecule has 0 amide bonds. The molecule has 0 aromatic rings. The average molecular weight is 261 g/mol. The van der Waals surface area contributed by atoms with Crippen molar-refractivity contribution >= 4 is 17.7 Å². The Bertz CT molecular complexity index is 256. The van der Waals surface area contributed by atoms with Crippen molar-refractivity contribution in [2.45, 2.75) is 49.1 Å². The van der Waals surface area contributed by atoms with Crippen LogP contribution in [0.2, 0.25) is 0 Å². The van der Waals surface area contributed by atoms with Crippen LogP contribution < -0.4 is 5.32 Å². The number of carboxylic acid groups (broad SMARTS) is 1. The molecule has 1 aliphatic rings. The van der Waals surface area contributed by atoms with Crippen LogP contribution in [0.1, 0.15) is 33.1 Å². The first-order valence-electron chi connectivity index (χ1n) is 6.13. The summed E-state index contributed by atoms with van der Waals surface area (Å²) in [6.07, 6.45) is 2.80. The number of aliphatic carboxylic acids is 1. The van der Waals surface area contributed by atoms with Crippen LogP contribution >= 0.6 is 11.8 Å². The Morgan fingerprint density at radius 3 is 2.65 bits per heavy atom. The van der Waals surface area contributed by atoms with Gasteiger partial charge in [0.1, 0.15) is 5.54 Å². The normalized spacial score (nSPS) is 23.0. The molecule has 0 spiro atoms. The fourth-order valence-electron chi connectivity index (χ4n) is 2.06. The predicted molar refractivity (Wildman–Crippen MR) is 70.6 cm³/mol. The highest BCUT2D eigenvalue weighted by molar-refractivity contribution is 8.00. The topological polar surface area (TPSA) is 58.6 Å². The van der Waals surface area contributed by atoms with Gasteiger partial charge in [-0.1, -0.05) is 6.92 Å². The van der Waals surface area contributed by atoms with E-state index in [1.807, 2.05) is 11.8 Å². The van der Waals surface area contributed by atoms with Crippen LogP contribution in [0.3, 0.4) is 0 Å². The highest BCUT2D eigenvalue weighted by atomic mass is 32.2. The second-order valence-corrected chi connectivity index (χ2v) is 6.59. The third-order valence-electron chi connectivity index (χ3n) is 3.31. The zero-order valence-electron chi connectivity index (χ0n) is 10.9. The number of carbonyl (C=O) groups is 1. The minimum absolute atomic E-state index is 0.339. The van der Waals surface area contributed by atoms with Crippen LogP contribution in [-0.2, 0) is 9.53 Å². The van der Waals surface area contributed by atoms with E-state index in [4.69, 9.17) is 4.74 Å². The van der Waals surface area contributed by atoms with E-state index in [9.17, 15) is 9.90 Å². The van der Waals surface area contributed by atoms with Gasteiger partial charge in [-0.25, -0.2) is 0 Å². The van der Waals surface area contributed by atoms with Crippen molar-refractivity contribution in [1.29, 1.82) is 0 Å². The molecule has 0 aliphatic carbocycles. The molecular formula is C12H23NO3S. The largest absolute Gasteiger partial charge is 0.480 e. The molecule has 2 unspecified atom stereocenters. The predicted octanol–water partition coefficient (Wildman–Crippen LogP) is 1.74. The van der Waals surface area contributed by atoms with E-state index in [0.29, 0.717) is 16.9 Å². The van der Waals surface area contributed by atoms with Crippen molar-refractivity contribution in [2.24, 2.45) is 0 Å². The number of hydrogen-bond donors (Lipinski definition) is 2. The molecule has 1 rings (SSSR count). The number of hydrogen-bond acceptors (Lipinski definition) is 4. The van der Waals surface area contributed by atoms with Crippen LogP contribution in [0, 0.1) is 0 Å². The first-order chi connectivity index (χ1) is 7.98. The van der Waals surface area contributed by atoms with Crippen LogP contribution in [-0.4, -0.2) is 47.4 Å². The van der Waals surface area contributed by atoms with Crippen molar-refractivity contribution in [1.82, 2.24) is 5.32 Å². The second-order valence-electron chi connectivity index (χ2n) is 4.85. The fourth-order valence-corrected chi connectivity index (χ4v) is 3.61. The van der Waals surface area contributed by atoms with Gasteiger partial charge in [0.05, 0.1) is 0 Å². The van der Waals surface area contributed by atoms with E-state index in [1.165, 1.54) is 0 Å². The van der Waals surface area contributed by atoms with Crippen LogP contribution in [0.25, 0.3) is 0 Å². The molecule has 0 aromatic carbocycles. The fraction of sp³-hybridized carbons (Fsp3) is 0.917. The summed E-state index contributed by atoms with van der Waals surface area (Å²) in [7, 11) is 1.71. The molecule has 0 radical (unpaired) electrons. The van der Waals surface area contributed by atoms with Gasteiger partial charge in [-0.3, -0.25) is 4.79 Å². The lowest BCUT2D eigenvalue weighted by Crippen LogP contribution is -2.49. The van der Waals surface area contributed by atoms with Gasteiger partial charge in [0, 0.05) is 23.7 Å². The van der Waals surface area contributed by atoms with Gasteiger partial charge in [0.2, 0.25) is 0 Å². The van der Waals surface area contributed by atoms with Gasteiger partial charge in [-0.15, -0.1) is 0 Å². The molecule has 0 aromatic heterocycles. The van der Waals surface area contributed by atoms with E-state index in [-0.39, 0.29) is 0 Å². The molecule has 1 aliphatic heterocycles. The Hall–Kier alpha value is -0.260. The number of likely N-dealkylation sites (N-methyl/N-ethyl adjacent to an activating group) is 1. The molecule has 5 heteroatoms. The summed E-state index contributed by atoms with van der Waals surface area (Å²) in [6, 6.07) is 0.